The lowest BCUT2D eigenvalue weighted by Gasteiger charge is -2.10. The predicted octanol–water partition coefficient (Wildman–Crippen LogP) is 1.87. The summed E-state index contributed by atoms with van der Waals surface area (Å²) >= 11 is 3.35. The van der Waals surface area contributed by atoms with Crippen molar-refractivity contribution in [2.75, 3.05) is 13.2 Å². The molecule has 0 fully saturated rings. The Morgan fingerprint density at radius 1 is 1.47 bits per heavy atom. The largest absolute Gasteiger partial charge is 0.508 e. The first-order valence-corrected chi connectivity index (χ1v) is 5.71. The highest BCUT2D eigenvalue weighted by Crippen LogP contribution is 2.21. The average molecular weight is 274 g/mol. The van der Waals surface area contributed by atoms with Gasteiger partial charge in [0.2, 0.25) is 0 Å². The van der Waals surface area contributed by atoms with E-state index < -0.39 is 0 Å². The Morgan fingerprint density at radius 3 is 2.87 bits per heavy atom. The molecule has 3 nitrogen and oxygen atoms in total. The SMILES string of the molecule is CC(CO)CNCc1cc(Br)ccc1O. The van der Waals surface area contributed by atoms with Crippen molar-refractivity contribution in [2.24, 2.45) is 5.92 Å². The zero-order valence-electron chi connectivity index (χ0n) is 8.70. The van der Waals surface area contributed by atoms with Gasteiger partial charge in [0, 0.05) is 29.7 Å². The number of aliphatic hydroxyl groups excluding tert-OH is 1. The van der Waals surface area contributed by atoms with Crippen LogP contribution < -0.4 is 5.32 Å². The highest BCUT2D eigenvalue weighted by molar-refractivity contribution is 9.10. The van der Waals surface area contributed by atoms with E-state index in [0.717, 1.165) is 16.6 Å². The first kappa shape index (κ1) is 12.5. The van der Waals surface area contributed by atoms with Gasteiger partial charge in [-0.1, -0.05) is 22.9 Å². The van der Waals surface area contributed by atoms with Gasteiger partial charge in [0.25, 0.3) is 0 Å². The van der Waals surface area contributed by atoms with Crippen LogP contribution in [-0.2, 0) is 6.54 Å². The van der Waals surface area contributed by atoms with Crippen LogP contribution >= 0.6 is 15.9 Å². The first-order valence-electron chi connectivity index (χ1n) is 4.92. The second-order valence-corrected chi connectivity index (χ2v) is 4.61. The standard InChI is InChI=1S/C11H16BrNO2/c1-8(7-14)5-13-6-9-4-10(12)2-3-11(9)15/h2-4,8,13-15H,5-7H2,1H3. The zero-order valence-corrected chi connectivity index (χ0v) is 10.3. The van der Waals surface area contributed by atoms with E-state index in [9.17, 15) is 5.11 Å². The smallest absolute Gasteiger partial charge is 0.120 e. The molecule has 0 aliphatic rings. The maximum Gasteiger partial charge on any atom is 0.120 e. The highest BCUT2D eigenvalue weighted by atomic mass is 79.9. The fourth-order valence-corrected chi connectivity index (χ4v) is 1.62. The summed E-state index contributed by atoms with van der Waals surface area (Å²) in [5, 5.41) is 21.6. The van der Waals surface area contributed by atoms with Gasteiger partial charge >= 0.3 is 0 Å². The molecule has 0 spiro atoms. The van der Waals surface area contributed by atoms with Crippen LogP contribution in [0.1, 0.15) is 12.5 Å². The van der Waals surface area contributed by atoms with Crippen LogP contribution in [0.4, 0.5) is 0 Å². The molecule has 1 atom stereocenters. The zero-order chi connectivity index (χ0) is 11.3. The van der Waals surface area contributed by atoms with Crippen molar-refractivity contribution in [1.29, 1.82) is 0 Å². The molecule has 1 unspecified atom stereocenters. The van der Waals surface area contributed by atoms with Crippen LogP contribution in [0, 0.1) is 5.92 Å². The molecular weight excluding hydrogens is 258 g/mol. The fourth-order valence-electron chi connectivity index (χ4n) is 1.21. The van der Waals surface area contributed by atoms with Gasteiger partial charge in [0.05, 0.1) is 0 Å². The molecule has 0 bridgehead atoms. The molecule has 0 aromatic heterocycles. The Kier molecular flexibility index (Phi) is 5.08. The third-order valence-corrected chi connectivity index (χ3v) is 2.65. The summed E-state index contributed by atoms with van der Waals surface area (Å²) in [5.74, 6) is 0.529. The highest BCUT2D eigenvalue weighted by Gasteiger charge is 2.03. The van der Waals surface area contributed by atoms with Crippen molar-refractivity contribution in [3.63, 3.8) is 0 Å². The van der Waals surface area contributed by atoms with Crippen molar-refractivity contribution in [3.05, 3.63) is 28.2 Å². The monoisotopic (exact) mass is 273 g/mol. The molecule has 84 valence electrons. The van der Waals surface area contributed by atoms with E-state index in [4.69, 9.17) is 5.11 Å². The molecule has 15 heavy (non-hydrogen) atoms. The minimum absolute atomic E-state index is 0.178. The number of aromatic hydroxyl groups is 1. The predicted molar refractivity (Wildman–Crippen MR) is 63.8 cm³/mol. The molecule has 0 aliphatic carbocycles. The van der Waals surface area contributed by atoms with Gasteiger partial charge in [-0.15, -0.1) is 0 Å². The van der Waals surface area contributed by atoms with E-state index in [0.29, 0.717) is 12.3 Å². The number of rotatable bonds is 5. The van der Waals surface area contributed by atoms with Crippen LogP contribution in [-0.4, -0.2) is 23.4 Å². The Balaban J connectivity index is 2.46. The van der Waals surface area contributed by atoms with Gasteiger partial charge in [-0.3, -0.25) is 0 Å². The van der Waals surface area contributed by atoms with Gasteiger partial charge in [-0.25, -0.2) is 0 Å². The Hall–Kier alpha value is -0.580. The molecule has 0 aliphatic heterocycles. The van der Waals surface area contributed by atoms with Gasteiger partial charge < -0.3 is 15.5 Å². The molecule has 1 rings (SSSR count). The van der Waals surface area contributed by atoms with Crippen molar-refractivity contribution < 1.29 is 10.2 Å². The maximum atomic E-state index is 9.55. The summed E-state index contributed by atoms with van der Waals surface area (Å²) in [4.78, 5) is 0. The van der Waals surface area contributed by atoms with Crippen molar-refractivity contribution in [2.45, 2.75) is 13.5 Å². The Morgan fingerprint density at radius 2 is 2.20 bits per heavy atom. The third-order valence-electron chi connectivity index (χ3n) is 2.16. The summed E-state index contributed by atoms with van der Waals surface area (Å²) < 4.78 is 0.951. The van der Waals surface area contributed by atoms with Crippen LogP contribution in [0.3, 0.4) is 0 Å². The number of aliphatic hydroxyl groups is 1. The number of hydrogen-bond acceptors (Lipinski definition) is 3. The summed E-state index contributed by atoms with van der Waals surface area (Å²) in [6, 6.07) is 5.34. The summed E-state index contributed by atoms with van der Waals surface area (Å²) in [6.07, 6.45) is 0. The molecule has 0 amide bonds. The van der Waals surface area contributed by atoms with Gasteiger partial charge in [0.15, 0.2) is 0 Å². The number of hydrogen-bond donors (Lipinski definition) is 3. The lowest BCUT2D eigenvalue weighted by Crippen LogP contribution is -2.22. The third kappa shape index (κ3) is 4.20. The van der Waals surface area contributed by atoms with E-state index in [1.54, 1.807) is 12.1 Å². The minimum atomic E-state index is 0.178. The van der Waals surface area contributed by atoms with Crippen molar-refractivity contribution in [1.82, 2.24) is 5.32 Å². The lowest BCUT2D eigenvalue weighted by atomic mass is 10.1. The second-order valence-electron chi connectivity index (χ2n) is 3.69. The number of phenolic OH excluding ortho intramolecular Hbond substituents is 1. The normalized spacial score (nSPS) is 12.7. The maximum absolute atomic E-state index is 9.55. The quantitative estimate of drug-likeness (QED) is 0.768. The Labute approximate surface area is 98.3 Å². The molecule has 1 aromatic carbocycles. The van der Waals surface area contributed by atoms with Gasteiger partial charge in [0.1, 0.15) is 5.75 Å². The number of halogens is 1. The van der Waals surface area contributed by atoms with E-state index in [-0.39, 0.29) is 12.5 Å². The number of nitrogens with one attached hydrogen (secondary N) is 1. The molecule has 0 saturated heterocycles. The average Bonchev–Trinajstić information content (AvgIpc) is 2.23. The molecule has 0 radical (unpaired) electrons. The van der Waals surface area contributed by atoms with Crippen LogP contribution in [0.15, 0.2) is 22.7 Å². The molecule has 0 saturated carbocycles. The van der Waals surface area contributed by atoms with E-state index >= 15 is 0 Å². The molecule has 1 aromatic rings. The molecule has 4 heteroatoms. The molecular formula is C11H16BrNO2. The lowest BCUT2D eigenvalue weighted by molar-refractivity contribution is 0.233. The summed E-state index contributed by atoms with van der Waals surface area (Å²) in [7, 11) is 0. The van der Waals surface area contributed by atoms with Crippen LogP contribution in [0.25, 0.3) is 0 Å². The Bertz CT molecular complexity index is 317. The minimum Gasteiger partial charge on any atom is -0.508 e. The van der Waals surface area contributed by atoms with E-state index in [2.05, 4.69) is 21.2 Å². The van der Waals surface area contributed by atoms with Gasteiger partial charge in [-0.2, -0.15) is 0 Å². The first-order chi connectivity index (χ1) is 7.13. The number of phenols is 1. The summed E-state index contributed by atoms with van der Waals surface area (Å²) in [5.41, 5.74) is 0.856. The summed E-state index contributed by atoms with van der Waals surface area (Å²) in [6.45, 7) is 3.49. The molecule has 0 heterocycles. The topological polar surface area (TPSA) is 52.5 Å². The van der Waals surface area contributed by atoms with Crippen molar-refractivity contribution >= 4 is 15.9 Å². The van der Waals surface area contributed by atoms with E-state index in [1.165, 1.54) is 0 Å². The second kappa shape index (κ2) is 6.10. The van der Waals surface area contributed by atoms with Crippen molar-refractivity contribution in [3.8, 4) is 5.75 Å². The van der Waals surface area contributed by atoms with Crippen LogP contribution in [0.5, 0.6) is 5.75 Å². The van der Waals surface area contributed by atoms with E-state index in [1.807, 2.05) is 13.0 Å². The number of benzene rings is 1. The van der Waals surface area contributed by atoms with Gasteiger partial charge in [-0.05, 0) is 24.1 Å². The van der Waals surface area contributed by atoms with Crippen LogP contribution in [0.2, 0.25) is 0 Å². The molecule has 3 N–H and O–H groups in total. The fraction of sp³-hybridized carbons (Fsp3) is 0.455.